The summed E-state index contributed by atoms with van der Waals surface area (Å²) >= 11 is 0. The van der Waals surface area contributed by atoms with Crippen molar-refractivity contribution in [2.45, 2.75) is 19.5 Å². The van der Waals surface area contributed by atoms with Crippen LogP contribution in [-0.2, 0) is 24.3 Å². The molecule has 4 aromatic rings. The lowest BCUT2D eigenvalue weighted by atomic mass is 10.1. The Morgan fingerprint density at radius 2 is 1.67 bits per heavy atom. The number of pyridine rings is 1. The number of rotatable bonds is 9. The number of anilines is 1. The zero-order valence-electron chi connectivity index (χ0n) is 20.2. The molecule has 1 amide bonds. The van der Waals surface area contributed by atoms with Gasteiger partial charge in [-0.2, -0.15) is 0 Å². The van der Waals surface area contributed by atoms with Gasteiger partial charge in [-0.05, 0) is 60.5 Å². The normalized spacial score (nSPS) is 10.8. The smallest absolute Gasteiger partial charge is 0.332 e. The molecule has 10 nitrogen and oxygen atoms in total. The Labute approximate surface area is 206 Å². The van der Waals surface area contributed by atoms with Crippen LogP contribution in [-0.4, -0.2) is 41.4 Å². The van der Waals surface area contributed by atoms with Gasteiger partial charge in [-0.25, -0.2) is 9.78 Å². The predicted octanol–water partition coefficient (Wildman–Crippen LogP) is 2.47. The summed E-state index contributed by atoms with van der Waals surface area (Å²) in [5.74, 6) is 1.37. The first-order valence-corrected chi connectivity index (χ1v) is 11.2. The number of benzene rings is 2. The van der Waals surface area contributed by atoms with E-state index >= 15 is 0 Å². The van der Waals surface area contributed by atoms with Crippen LogP contribution < -0.4 is 30.8 Å². The lowest BCUT2D eigenvalue weighted by Gasteiger charge is -2.14. The number of hydrogen-bond acceptors (Lipinski definition) is 7. The van der Waals surface area contributed by atoms with Gasteiger partial charge in [0.25, 0.3) is 5.56 Å². The highest BCUT2D eigenvalue weighted by Crippen LogP contribution is 2.27. The van der Waals surface area contributed by atoms with Gasteiger partial charge in [0.1, 0.15) is 12.3 Å². The molecule has 2 heterocycles. The summed E-state index contributed by atoms with van der Waals surface area (Å²) in [7, 11) is 4.64. The van der Waals surface area contributed by atoms with Gasteiger partial charge in [-0.1, -0.05) is 6.07 Å². The molecule has 0 spiro atoms. The van der Waals surface area contributed by atoms with Crippen LogP contribution >= 0.6 is 0 Å². The molecule has 0 bridgehead atoms. The molecular weight excluding hydrogens is 464 g/mol. The standard InChI is InChI=1S/C26H26N4O6/c1-34-19-9-7-18(8-10-19)28-23(31)16-30-20-5-4-13-27-24(20)25(32)29(26(30)33)14-12-17-6-11-21(35-2)22(15-17)36-3/h4-11,13,15H,12,14,16H2,1-3H3,(H,28,31). The van der Waals surface area contributed by atoms with Crippen LogP contribution in [0.1, 0.15) is 5.56 Å². The molecule has 2 aromatic heterocycles. The summed E-state index contributed by atoms with van der Waals surface area (Å²) in [5, 5.41) is 2.76. The third-order valence-corrected chi connectivity index (χ3v) is 5.73. The highest BCUT2D eigenvalue weighted by molar-refractivity contribution is 5.91. The van der Waals surface area contributed by atoms with E-state index in [1.54, 1.807) is 62.8 Å². The molecule has 0 aliphatic rings. The number of methoxy groups -OCH3 is 3. The summed E-state index contributed by atoms with van der Waals surface area (Å²) < 4.78 is 18.1. The predicted molar refractivity (Wildman–Crippen MR) is 135 cm³/mol. The van der Waals surface area contributed by atoms with Gasteiger partial charge in [0.05, 0.1) is 26.8 Å². The highest BCUT2D eigenvalue weighted by atomic mass is 16.5. The van der Waals surface area contributed by atoms with Crippen LogP contribution in [0.15, 0.2) is 70.4 Å². The van der Waals surface area contributed by atoms with Gasteiger partial charge in [0.15, 0.2) is 17.0 Å². The molecule has 36 heavy (non-hydrogen) atoms. The number of nitrogens with zero attached hydrogens (tertiary/aromatic N) is 3. The van der Waals surface area contributed by atoms with Crippen molar-refractivity contribution in [1.82, 2.24) is 14.1 Å². The zero-order chi connectivity index (χ0) is 25.7. The van der Waals surface area contributed by atoms with E-state index in [0.29, 0.717) is 34.9 Å². The molecule has 0 fully saturated rings. The van der Waals surface area contributed by atoms with Gasteiger partial charge >= 0.3 is 5.69 Å². The van der Waals surface area contributed by atoms with Crippen LogP contribution in [0.25, 0.3) is 11.0 Å². The molecule has 2 aromatic carbocycles. The molecule has 1 N–H and O–H groups in total. The average molecular weight is 491 g/mol. The average Bonchev–Trinajstić information content (AvgIpc) is 2.91. The summed E-state index contributed by atoms with van der Waals surface area (Å²) in [4.78, 5) is 43.5. The van der Waals surface area contributed by atoms with Crippen molar-refractivity contribution in [2.75, 3.05) is 26.6 Å². The molecule has 4 rings (SSSR count). The number of aryl methyl sites for hydroxylation is 1. The van der Waals surface area contributed by atoms with Crippen molar-refractivity contribution in [3.8, 4) is 17.2 Å². The van der Waals surface area contributed by atoms with Crippen molar-refractivity contribution in [2.24, 2.45) is 0 Å². The van der Waals surface area contributed by atoms with E-state index in [4.69, 9.17) is 14.2 Å². The summed E-state index contributed by atoms with van der Waals surface area (Å²) in [6.45, 7) is -0.191. The van der Waals surface area contributed by atoms with E-state index in [0.717, 1.165) is 10.1 Å². The van der Waals surface area contributed by atoms with Crippen molar-refractivity contribution in [3.63, 3.8) is 0 Å². The van der Waals surface area contributed by atoms with Crippen LogP contribution in [0.2, 0.25) is 0 Å². The van der Waals surface area contributed by atoms with E-state index in [2.05, 4.69) is 10.3 Å². The third kappa shape index (κ3) is 5.07. The van der Waals surface area contributed by atoms with Gasteiger partial charge in [-0.15, -0.1) is 0 Å². The van der Waals surface area contributed by atoms with Crippen LogP contribution in [0, 0.1) is 0 Å². The molecule has 0 unspecified atom stereocenters. The Balaban J connectivity index is 1.64. The SMILES string of the molecule is COc1ccc(NC(=O)Cn2c(=O)n(CCc3ccc(OC)c(OC)c3)c(=O)c3ncccc32)cc1. The molecule has 0 saturated heterocycles. The van der Waals surface area contributed by atoms with E-state index in [-0.39, 0.29) is 18.6 Å². The monoisotopic (exact) mass is 490 g/mol. The zero-order valence-corrected chi connectivity index (χ0v) is 20.2. The molecular formula is C26H26N4O6. The Morgan fingerprint density at radius 1 is 0.917 bits per heavy atom. The molecule has 10 heteroatoms. The third-order valence-electron chi connectivity index (χ3n) is 5.73. The highest BCUT2D eigenvalue weighted by Gasteiger charge is 2.17. The first kappa shape index (κ1) is 24.5. The van der Waals surface area contributed by atoms with Gasteiger partial charge < -0.3 is 19.5 Å². The van der Waals surface area contributed by atoms with Gasteiger partial charge in [-0.3, -0.25) is 18.7 Å². The minimum absolute atomic E-state index is 0.0970. The maximum absolute atomic E-state index is 13.4. The second-order valence-corrected chi connectivity index (χ2v) is 7.91. The van der Waals surface area contributed by atoms with Crippen LogP contribution in [0.5, 0.6) is 17.2 Å². The van der Waals surface area contributed by atoms with Crippen molar-refractivity contribution < 1.29 is 19.0 Å². The Hall–Kier alpha value is -4.60. The summed E-state index contributed by atoms with van der Waals surface area (Å²) in [6.07, 6.45) is 1.86. The van der Waals surface area contributed by atoms with E-state index in [1.165, 1.54) is 17.9 Å². The minimum Gasteiger partial charge on any atom is -0.497 e. The topological polar surface area (TPSA) is 114 Å². The molecule has 0 aliphatic heterocycles. The minimum atomic E-state index is -0.592. The number of ether oxygens (including phenoxy) is 3. The van der Waals surface area contributed by atoms with Crippen molar-refractivity contribution >= 4 is 22.6 Å². The molecule has 0 aliphatic carbocycles. The number of hydrogen-bond donors (Lipinski definition) is 1. The second-order valence-electron chi connectivity index (χ2n) is 7.91. The maximum atomic E-state index is 13.4. The molecule has 0 saturated carbocycles. The molecule has 186 valence electrons. The number of carbonyl (C=O) groups is 1. The Morgan fingerprint density at radius 3 is 2.36 bits per heavy atom. The van der Waals surface area contributed by atoms with Gasteiger partial charge in [0.2, 0.25) is 5.91 Å². The number of carbonyl (C=O) groups excluding carboxylic acids is 1. The lowest BCUT2D eigenvalue weighted by Crippen LogP contribution is -2.42. The molecule has 0 atom stereocenters. The fourth-order valence-corrected chi connectivity index (χ4v) is 3.89. The van der Waals surface area contributed by atoms with E-state index in [1.807, 2.05) is 6.07 Å². The molecule has 0 radical (unpaired) electrons. The second kappa shape index (κ2) is 10.8. The number of aromatic nitrogens is 3. The largest absolute Gasteiger partial charge is 0.497 e. The number of fused-ring (bicyclic) bond motifs is 1. The van der Waals surface area contributed by atoms with Gasteiger partial charge in [0, 0.05) is 18.4 Å². The van der Waals surface area contributed by atoms with E-state index < -0.39 is 17.2 Å². The number of nitrogens with one attached hydrogen (secondary N) is 1. The van der Waals surface area contributed by atoms with E-state index in [9.17, 15) is 14.4 Å². The fraction of sp³-hybridized carbons (Fsp3) is 0.231. The maximum Gasteiger partial charge on any atom is 0.332 e. The van der Waals surface area contributed by atoms with Crippen molar-refractivity contribution in [3.05, 3.63) is 87.2 Å². The number of amides is 1. The fourth-order valence-electron chi connectivity index (χ4n) is 3.89. The quantitative estimate of drug-likeness (QED) is 0.383. The van der Waals surface area contributed by atoms with Crippen molar-refractivity contribution in [1.29, 1.82) is 0 Å². The lowest BCUT2D eigenvalue weighted by molar-refractivity contribution is -0.116. The summed E-state index contributed by atoms with van der Waals surface area (Å²) in [6, 6.07) is 15.5. The van der Waals surface area contributed by atoms with Crippen LogP contribution in [0.3, 0.4) is 0 Å². The first-order valence-electron chi connectivity index (χ1n) is 11.2. The first-order chi connectivity index (χ1) is 17.4. The summed E-state index contributed by atoms with van der Waals surface area (Å²) in [5.41, 5.74) is 0.706. The van der Waals surface area contributed by atoms with Crippen LogP contribution in [0.4, 0.5) is 5.69 Å². The Kier molecular flexibility index (Phi) is 7.33. The Bertz CT molecular complexity index is 1510.